The van der Waals surface area contributed by atoms with Gasteiger partial charge >= 0.3 is 0 Å². The molecular formula is C13H17ClFNO2S. The van der Waals surface area contributed by atoms with Gasteiger partial charge in [0, 0.05) is 19.0 Å². The first-order valence-corrected chi connectivity index (χ1v) is 8.26. The highest BCUT2D eigenvalue weighted by Crippen LogP contribution is 2.29. The van der Waals surface area contributed by atoms with Gasteiger partial charge in [-0.2, -0.15) is 4.31 Å². The van der Waals surface area contributed by atoms with Crippen LogP contribution in [0.2, 0.25) is 0 Å². The molecule has 1 aliphatic carbocycles. The van der Waals surface area contributed by atoms with Gasteiger partial charge in [-0.05, 0) is 30.5 Å². The van der Waals surface area contributed by atoms with Crippen molar-refractivity contribution >= 4 is 21.6 Å². The summed E-state index contributed by atoms with van der Waals surface area (Å²) in [5.74, 6) is -0.514. The highest BCUT2D eigenvalue weighted by atomic mass is 35.5. The smallest absolute Gasteiger partial charge is 0.207 e. The standard InChI is InChI=1S/C13H17ClFNO2S/c1-16(12-4-2-3-5-12)19(17,18)13-8-11(15)7-6-10(13)9-14/h6-8,12H,2-5,9H2,1H3. The fraction of sp³-hybridized carbons (Fsp3) is 0.538. The molecule has 1 fully saturated rings. The van der Waals surface area contributed by atoms with Crippen molar-refractivity contribution in [2.75, 3.05) is 7.05 Å². The maximum absolute atomic E-state index is 13.3. The summed E-state index contributed by atoms with van der Waals surface area (Å²) in [4.78, 5) is -0.0168. The van der Waals surface area contributed by atoms with Crippen LogP contribution in [0.25, 0.3) is 0 Å². The zero-order valence-electron chi connectivity index (χ0n) is 10.8. The molecule has 1 aliphatic rings. The van der Waals surface area contributed by atoms with Crippen molar-refractivity contribution in [3.05, 3.63) is 29.6 Å². The van der Waals surface area contributed by atoms with Crippen molar-refractivity contribution in [3.63, 3.8) is 0 Å². The molecule has 6 heteroatoms. The van der Waals surface area contributed by atoms with Crippen molar-refractivity contribution in [2.45, 2.75) is 42.5 Å². The van der Waals surface area contributed by atoms with E-state index in [4.69, 9.17) is 11.6 Å². The van der Waals surface area contributed by atoms with Crippen LogP contribution >= 0.6 is 11.6 Å². The highest BCUT2D eigenvalue weighted by molar-refractivity contribution is 7.89. The van der Waals surface area contributed by atoms with E-state index in [1.54, 1.807) is 7.05 Å². The number of rotatable bonds is 4. The van der Waals surface area contributed by atoms with Crippen LogP contribution in [0.4, 0.5) is 4.39 Å². The molecule has 3 nitrogen and oxygen atoms in total. The summed E-state index contributed by atoms with van der Waals surface area (Å²) in [6, 6.07) is 3.72. The molecule has 0 bridgehead atoms. The summed E-state index contributed by atoms with van der Waals surface area (Å²) in [6.07, 6.45) is 3.80. The van der Waals surface area contributed by atoms with Crippen LogP contribution < -0.4 is 0 Å². The summed E-state index contributed by atoms with van der Waals surface area (Å²) in [5.41, 5.74) is 0.438. The van der Waals surface area contributed by atoms with Gasteiger partial charge in [-0.25, -0.2) is 12.8 Å². The molecule has 1 aromatic rings. The summed E-state index contributed by atoms with van der Waals surface area (Å²) in [6.45, 7) is 0. The Kier molecular flexibility index (Phi) is 4.48. The third-order valence-electron chi connectivity index (χ3n) is 3.67. The third kappa shape index (κ3) is 2.93. The molecule has 0 saturated heterocycles. The van der Waals surface area contributed by atoms with Crippen molar-refractivity contribution in [2.24, 2.45) is 0 Å². The third-order valence-corrected chi connectivity index (χ3v) is 5.95. The van der Waals surface area contributed by atoms with Crippen LogP contribution in [0, 0.1) is 5.82 Å². The Balaban J connectivity index is 2.40. The largest absolute Gasteiger partial charge is 0.243 e. The highest BCUT2D eigenvalue weighted by Gasteiger charge is 2.31. The summed E-state index contributed by atoms with van der Waals surface area (Å²) in [7, 11) is -2.12. The zero-order chi connectivity index (χ0) is 14.0. The lowest BCUT2D eigenvalue weighted by molar-refractivity contribution is 0.372. The van der Waals surface area contributed by atoms with E-state index < -0.39 is 15.8 Å². The minimum atomic E-state index is -3.68. The average molecular weight is 306 g/mol. The van der Waals surface area contributed by atoms with E-state index in [1.807, 2.05) is 0 Å². The number of hydrogen-bond donors (Lipinski definition) is 0. The van der Waals surface area contributed by atoms with Crippen LogP contribution in [0.1, 0.15) is 31.2 Å². The van der Waals surface area contributed by atoms with E-state index in [-0.39, 0.29) is 16.8 Å². The Morgan fingerprint density at radius 3 is 2.58 bits per heavy atom. The van der Waals surface area contributed by atoms with Gasteiger partial charge in [-0.1, -0.05) is 18.9 Å². The maximum atomic E-state index is 13.3. The molecule has 0 atom stereocenters. The Morgan fingerprint density at radius 2 is 2.00 bits per heavy atom. The summed E-state index contributed by atoms with van der Waals surface area (Å²) in [5, 5.41) is 0. The quantitative estimate of drug-likeness (QED) is 0.802. The Morgan fingerprint density at radius 1 is 1.37 bits per heavy atom. The van der Waals surface area contributed by atoms with Gasteiger partial charge in [-0.15, -0.1) is 11.6 Å². The molecule has 1 saturated carbocycles. The second-order valence-corrected chi connectivity index (χ2v) is 7.08. The monoisotopic (exact) mass is 305 g/mol. The SMILES string of the molecule is CN(C1CCCC1)S(=O)(=O)c1cc(F)ccc1CCl. The van der Waals surface area contributed by atoms with E-state index >= 15 is 0 Å². The van der Waals surface area contributed by atoms with Gasteiger partial charge < -0.3 is 0 Å². The molecule has 0 N–H and O–H groups in total. The first-order valence-electron chi connectivity index (χ1n) is 6.29. The number of halogens is 2. The lowest BCUT2D eigenvalue weighted by atomic mass is 10.2. The molecule has 106 valence electrons. The minimum Gasteiger partial charge on any atom is -0.207 e. The number of benzene rings is 1. The number of sulfonamides is 1. The van der Waals surface area contributed by atoms with E-state index in [0.29, 0.717) is 5.56 Å². The normalized spacial score (nSPS) is 17.3. The van der Waals surface area contributed by atoms with Gasteiger partial charge in [-0.3, -0.25) is 0 Å². The fourth-order valence-electron chi connectivity index (χ4n) is 2.50. The van der Waals surface area contributed by atoms with Crippen LogP contribution in [0.15, 0.2) is 23.1 Å². The molecule has 0 heterocycles. The van der Waals surface area contributed by atoms with Gasteiger partial charge in [0.2, 0.25) is 10.0 Å². The van der Waals surface area contributed by atoms with E-state index in [1.165, 1.54) is 16.4 Å². The van der Waals surface area contributed by atoms with Gasteiger partial charge in [0.1, 0.15) is 5.82 Å². The summed E-state index contributed by atoms with van der Waals surface area (Å²) >= 11 is 5.75. The van der Waals surface area contributed by atoms with Crippen molar-refractivity contribution in [3.8, 4) is 0 Å². The average Bonchev–Trinajstić information content (AvgIpc) is 2.91. The van der Waals surface area contributed by atoms with Gasteiger partial charge in [0.05, 0.1) is 4.90 Å². The molecule has 0 amide bonds. The molecule has 2 rings (SSSR count). The predicted octanol–water partition coefficient (Wildman–Crippen LogP) is 3.13. The number of nitrogens with zero attached hydrogens (tertiary/aromatic N) is 1. The summed E-state index contributed by atoms with van der Waals surface area (Å²) < 4.78 is 39.8. The van der Waals surface area contributed by atoms with E-state index in [9.17, 15) is 12.8 Å². The lowest BCUT2D eigenvalue weighted by Crippen LogP contribution is -2.35. The van der Waals surface area contributed by atoms with Crippen molar-refractivity contribution in [1.29, 1.82) is 0 Å². The Bertz CT molecular complexity index is 556. The second kappa shape index (κ2) is 5.77. The van der Waals surface area contributed by atoms with Crippen LogP contribution in [-0.2, 0) is 15.9 Å². The van der Waals surface area contributed by atoms with Gasteiger partial charge in [0.15, 0.2) is 0 Å². The molecule has 0 spiro atoms. The number of alkyl halides is 1. The van der Waals surface area contributed by atoms with Crippen LogP contribution in [0.5, 0.6) is 0 Å². The Labute approximate surface area is 118 Å². The first-order chi connectivity index (χ1) is 8.96. The fourth-order valence-corrected chi connectivity index (χ4v) is 4.46. The molecule has 0 unspecified atom stereocenters. The number of hydrogen-bond acceptors (Lipinski definition) is 2. The lowest BCUT2D eigenvalue weighted by Gasteiger charge is -2.24. The maximum Gasteiger partial charge on any atom is 0.243 e. The van der Waals surface area contributed by atoms with Crippen molar-refractivity contribution < 1.29 is 12.8 Å². The predicted molar refractivity (Wildman–Crippen MR) is 73.2 cm³/mol. The first kappa shape index (κ1) is 14.8. The molecular weight excluding hydrogens is 289 g/mol. The molecule has 0 aliphatic heterocycles. The molecule has 1 aromatic carbocycles. The second-order valence-electron chi connectivity index (χ2n) is 4.85. The van der Waals surface area contributed by atoms with Crippen LogP contribution in [-0.4, -0.2) is 25.8 Å². The molecule has 0 radical (unpaired) electrons. The van der Waals surface area contributed by atoms with Crippen LogP contribution in [0.3, 0.4) is 0 Å². The molecule has 0 aromatic heterocycles. The van der Waals surface area contributed by atoms with E-state index in [2.05, 4.69) is 0 Å². The topological polar surface area (TPSA) is 37.4 Å². The zero-order valence-corrected chi connectivity index (χ0v) is 12.3. The van der Waals surface area contributed by atoms with Crippen molar-refractivity contribution in [1.82, 2.24) is 4.31 Å². The molecule has 19 heavy (non-hydrogen) atoms. The Hall–Kier alpha value is -0.650. The minimum absolute atomic E-state index is 0.0106. The van der Waals surface area contributed by atoms with E-state index in [0.717, 1.165) is 31.7 Å². The van der Waals surface area contributed by atoms with Gasteiger partial charge in [0.25, 0.3) is 0 Å².